The van der Waals surface area contributed by atoms with Gasteiger partial charge in [0, 0.05) is 60.5 Å². The minimum Gasteiger partial charge on any atom is -0.468 e. The van der Waals surface area contributed by atoms with Gasteiger partial charge in [-0.1, -0.05) is 18.9 Å². The first kappa shape index (κ1) is 41.2. The number of hydrogen-bond donors (Lipinski definition) is 0. The second-order valence-corrected chi connectivity index (χ2v) is 17.5. The molecule has 5 aromatic rings. The summed E-state index contributed by atoms with van der Waals surface area (Å²) in [5.74, 6) is -0.0831. The molecule has 0 amide bonds. The average molecular weight is 847 g/mol. The number of anilines is 1. The predicted molar refractivity (Wildman–Crippen MR) is 217 cm³/mol. The Hall–Kier alpha value is -5.20. The van der Waals surface area contributed by atoms with Crippen LogP contribution in [-0.4, -0.2) is 74.5 Å². The molecule has 0 radical (unpaired) electrons. The molecule has 2 bridgehead atoms. The molecular weight excluding hydrogens is 800 g/mol. The van der Waals surface area contributed by atoms with E-state index < -0.39 is 46.6 Å². The molecule has 15 heteroatoms. The van der Waals surface area contributed by atoms with Crippen LogP contribution in [0.1, 0.15) is 61.7 Å². The topological polar surface area (TPSA) is 103 Å². The van der Waals surface area contributed by atoms with Crippen molar-refractivity contribution in [1.82, 2.24) is 14.9 Å². The molecule has 10 nitrogen and oxygen atoms in total. The monoisotopic (exact) mass is 846 g/mol. The van der Waals surface area contributed by atoms with Gasteiger partial charge in [0.15, 0.2) is 12.6 Å². The summed E-state index contributed by atoms with van der Waals surface area (Å²) in [4.78, 5) is 25.7. The van der Waals surface area contributed by atoms with Crippen molar-refractivity contribution >= 4 is 27.5 Å². The summed E-state index contributed by atoms with van der Waals surface area (Å²) in [6.07, 6.45) is 7.19. The van der Waals surface area contributed by atoms with E-state index in [2.05, 4.69) is 15.8 Å². The number of piperidine rings is 2. The van der Waals surface area contributed by atoms with E-state index in [0.717, 1.165) is 12.8 Å². The van der Waals surface area contributed by atoms with Crippen LogP contribution in [0.2, 0.25) is 0 Å². The predicted octanol–water partition coefficient (Wildman–Crippen LogP) is 8.70. The number of methoxy groups -OCH3 is 1. The van der Waals surface area contributed by atoms with E-state index in [4.69, 9.17) is 34.5 Å². The van der Waals surface area contributed by atoms with Crippen LogP contribution < -0.4 is 20.2 Å². The number of fused-ring (bicyclic) bond motifs is 6. The third kappa shape index (κ3) is 7.09. The molecule has 3 aromatic carbocycles. The van der Waals surface area contributed by atoms with E-state index in [9.17, 15) is 13.6 Å². The maximum atomic E-state index is 17.9. The van der Waals surface area contributed by atoms with E-state index >= 15 is 13.2 Å². The third-order valence-electron chi connectivity index (χ3n) is 13.9. The van der Waals surface area contributed by atoms with Crippen LogP contribution in [0.4, 0.5) is 27.8 Å². The first-order chi connectivity index (χ1) is 29.3. The summed E-state index contributed by atoms with van der Waals surface area (Å²) in [5, 5.41) is 0.694. The van der Waals surface area contributed by atoms with E-state index in [1.807, 2.05) is 11.9 Å². The van der Waals surface area contributed by atoms with E-state index in [1.165, 1.54) is 25.3 Å². The second-order valence-electron chi connectivity index (χ2n) is 17.5. The zero-order valence-electron chi connectivity index (χ0n) is 34.5. The Kier molecular flexibility index (Phi) is 10.7. The number of ether oxygens (including phenoxy) is 3. The Morgan fingerprint density at radius 1 is 1.05 bits per heavy atom. The number of hydrogen-bond acceptors (Lipinski definition) is 10. The maximum absolute atomic E-state index is 17.9. The second kappa shape index (κ2) is 15.9. The van der Waals surface area contributed by atoms with E-state index in [-0.39, 0.29) is 94.8 Å². The largest absolute Gasteiger partial charge is 0.519 e. The molecule has 0 N–H and O–H groups in total. The van der Waals surface area contributed by atoms with Gasteiger partial charge in [-0.3, -0.25) is 0 Å². The molecule has 61 heavy (non-hydrogen) atoms. The van der Waals surface area contributed by atoms with Crippen LogP contribution in [0.5, 0.6) is 11.8 Å². The van der Waals surface area contributed by atoms with Gasteiger partial charge < -0.3 is 32.8 Å². The summed E-state index contributed by atoms with van der Waals surface area (Å²) in [7, 11) is 3.30. The molecule has 2 aromatic heterocycles. The van der Waals surface area contributed by atoms with Crippen LogP contribution >= 0.6 is 0 Å². The number of aryl methyl sites for hydroxylation is 2. The number of rotatable bonds is 10. The lowest BCUT2D eigenvalue weighted by molar-refractivity contribution is -0.0679. The molecule has 3 aliphatic heterocycles. The van der Waals surface area contributed by atoms with Crippen molar-refractivity contribution in [2.24, 2.45) is 29.1 Å². The standard InChI is InChI=1S/C46H47F5N4O6/c1-6-27-33(47)13-11-24-16-26(59-22-57-5)17-31(36(24)27)37-39(48)29-8-7-9-34-28-12-10-25(30(28)18-35-23(2)60-45(56)61-35)19-55(34)43-38(29)41(40(37)49)52-44(53-43)58-21-46(3)20-54(4)15-14-32(46)42(50)51/h1,11,13,16-17,25,28,30,32,34,42H,7-10,12,14-15,18-22H2,2-5H3/t25-,28-,30?,32-,34-,46+/m1/s1. The Labute approximate surface area is 349 Å². The van der Waals surface area contributed by atoms with Gasteiger partial charge in [0.2, 0.25) is 6.43 Å². The summed E-state index contributed by atoms with van der Waals surface area (Å²) in [6, 6.07) is 5.34. The highest BCUT2D eigenvalue weighted by Gasteiger charge is 2.50. The molecule has 2 saturated heterocycles. The summed E-state index contributed by atoms with van der Waals surface area (Å²) in [6.45, 7) is 4.44. The molecule has 9 rings (SSSR count). The molecular formula is C46H47F5N4O6. The number of benzene rings is 3. The fraction of sp³-hybridized carbons (Fsp3) is 0.500. The highest BCUT2D eigenvalue weighted by atomic mass is 19.3. The molecule has 0 spiro atoms. The number of aromatic nitrogens is 2. The lowest BCUT2D eigenvalue weighted by Gasteiger charge is -2.47. The SMILES string of the molecule is C#Cc1c(F)ccc2cc(OCOC)cc(-c3c(F)c4c5c(nc(OC[C@]6(C)CN(C)CC[C@@H]6C(F)F)nc5c3F)N3C[C@H]5CC[C@H](C5Cc5oc(=O)oc5C)[C@H]3CCC4)c12. The van der Waals surface area contributed by atoms with Crippen molar-refractivity contribution in [3.63, 3.8) is 0 Å². The Bertz CT molecular complexity index is 2630. The van der Waals surface area contributed by atoms with Crippen molar-refractivity contribution in [2.75, 3.05) is 52.1 Å². The Morgan fingerprint density at radius 2 is 1.87 bits per heavy atom. The number of terminal acetylenes is 1. The van der Waals surface area contributed by atoms with Gasteiger partial charge in [-0.25, -0.2) is 26.7 Å². The van der Waals surface area contributed by atoms with E-state index in [1.54, 1.807) is 19.9 Å². The van der Waals surface area contributed by atoms with Crippen molar-refractivity contribution in [1.29, 1.82) is 0 Å². The molecule has 322 valence electrons. The van der Waals surface area contributed by atoms with Crippen molar-refractivity contribution in [2.45, 2.75) is 71.3 Å². The summed E-state index contributed by atoms with van der Waals surface area (Å²) >= 11 is 0. The molecule has 3 fully saturated rings. The van der Waals surface area contributed by atoms with E-state index in [0.29, 0.717) is 61.6 Å². The number of halogens is 5. The minimum absolute atomic E-state index is 0.0376. The fourth-order valence-corrected chi connectivity index (χ4v) is 11.1. The normalized spacial score (nSPS) is 25.1. The van der Waals surface area contributed by atoms with Crippen molar-refractivity contribution in [3.05, 3.63) is 75.0 Å². The lowest BCUT2D eigenvalue weighted by atomic mass is 9.73. The van der Waals surface area contributed by atoms with Crippen LogP contribution in [0.3, 0.4) is 0 Å². The van der Waals surface area contributed by atoms with Crippen LogP contribution in [0, 0.1) is 65.8 Å². The Balaban J connectivity index is 1.24. The van der Waals surface area contributed by atoms with Gasteiger partial charge in [-0.05, 0) is 100 Å². The van der Waals surface area contributed by atoms with Gasteiger partial charge in [-0.15, -0.1) is 6.42 Å². The van der Waals surface area contributed by atoms with Crippen LogP contribution in [-0.2, 0) is 17.6 Å². The fourth-order valence-electron chi connectivity index (χ4n) is 11.1. The number of likely N-dealkylation sites (tertiary alicyclic amines) is 1. The smallest absolute Gasteiger partial charge is 0.468 e. The van der Waals surface area contributed by atoms with Gasteiger partial charge >= 0.3 is 11.8 Å². The first-order valence-corrected chi connectivity index (χ1v) is 20.8. The van der Waals surface area contributed by atoms with Gasteiger partial charge in [-0.2, -0.15) is 9.97 Å². The van der Waals surface area contributed by atoms with Crippen molar-refractivity contribution in [3.8, 4) is 35.2 Å². The lowest BCUT2D eigenvalue weighted by Crippen LogP contribution is -2.51. The highest BCUT2D eigenvalue weighted by Crippen LogP contribution is 2.52. The van der Waals surface area contributed by atoms with Crippen LogP contribution in [0.25, 0.3) is 32.8 Å². The molecule has 1 unspecified atom stereocenters. The zero-order valence-corrected chi connectivity index (χ0v) is 34.5. The van der Waals surface area contributed by atoms with Crippen LogP contribution in [0.15, 0.2) is 37.9 Å². The number of alkyl halides is 2. The number of nitrogens with zero attached hydrogens (tertiary/aromatic N) is 4. The van der Waals surface area contributed by atoms with Crippen molar-refractivity contribution < 1.29 is 45.0 Å². The van der Waals surface area contributed by atoms with Gasteiger partial charge in [0.05, 0.1) is 23.1 Å². The summed E-state index contributed by atoms with van der Waals surface area (Å²) in [5.41, 5.74) is -1.72. The summed E-state index contributed by atoms with van der Waals surface area (Å²) < 4.78 is 108. The molecule has 1 saturated carbocycles. The first-order valence-electron chi connectivity index (χ1n) is 20.8. The van der Waals surface area contributed by atoms with Gasteiger partial charge in [0.25, 0.3) is 0 Å². The minimum atomic E-state index is -2.59. The quantitative estimate of drug-likeness (QED) is 0.0771. The third-order valence-corrected chi connectivity index (χ3v) is 13.9. The molecule has 6 atom stereocenters. The molecule has 1 aliphatic carbocycles. The zero-order chi connectivity index (χ0) is 42.9. The maximum Gasteiger partial charge on any atom is 0.519 e. The molecule has 4 aliphatic rings. The highest BCUT2D eigenvalue weighted by molar-refractivity contribution is 6.05. The van der Waals surface area contributed by atoms with Gasteiger partial charge in [0.1, 0.15) is 40.2 Å². The molecule has 5 heterocycles. The average Bonchev–Trinajstić information content (AvgIpc) is 3.69. The Morgan fingerprint density at radius 3 is 2.61 bits per heavy atom.